The number of aliphatic hydroxyl groups is 2. The summed E-state index contributed by atoms with van der Waals surface area (Å²) < 4.78 is 0. The maximum atomic E-state index is 11.6. The summed E-state index contributed by atoms with van der Waals surface area (Å²) in [5.41, 5.74) is 0.104. The molecule has 3 N–H and O–H groups in total. The fourth-order valence-electron chi connectivity index (χ4n) is 8.78. The zero-order chi connectivity index (χ0) is 23.0. The van der Waals surface area contributed by atoms with Gasteiger partial charge < -0.3 is 15.3 Å². The second kappa shape index (κ2) is 9.71. The molecule has 4 nitrogen and oxygen atoms in total. The molecule has 3 fully saturated rings. The number of aliphatic carboxylic acids is 1. The van der Waals surface area contributed by atoms with Crippen LogP contribution in [0.3, 0.4) is 0 Å². The Labute approximate surface area is 190 Å². The average Bonchev–Trinajstić information content (AvgIpc) is 3.04. The van der Waals surface area contributed by atoms with Crippen molar-refractivity contribution in [2.45, 2.75) is 117 Å². The number of hydrogen-bond donors (Lipinski definition) is 3. The van der Waals surface area contributed by atoms with Crippen LogP contribution in [0, 0.1) is 46.3 Å². The molecule has 3 aliphatic carbocycles. The predicted molar refractivity (Wildman–Crippen MR) is 125 cm³/mol. The van der Waals surface area contributed by atoms with E-state index in [1.165, 1.54) is 19.3 Å². The van der Waals surface area contributed by atoms with Gasteiger partial charge in [0.25, 0.3) is 0 Å². The minimum Gasteiger partial charge on any atom is -0.481 e. The molecule has 0 amide bonds. The lowest BCUT2D eigenvalue weighted by Gasteiger charge is -2.62. The molecule has 31 heavy (non-hydrogen) atoms. The summed E-state index contributed by atoms with van der Waals surface area (Å²) in [7, 11) is 0. The zero-order valence-corrected chi connectivity index (χ0v) is 20.6. The highest BCUT2D eigenvalue weighted by molar-refractivity contribution is 5.66. The molecular formula is C27H48O4. The van der Waals surface area contributed by atoms with E-state index in [4.69, 9.17) is 5.11 Å². The van der Waals surface area contributed by atoms with E-state index in [0.717, 1.165) is 38.5 Å². The molecule has 0 bridgehead atoms. The number of rotatable bonds is 9. The number of carboxylic acid groups (broad SMARTS) is 1. The first-order valence-electron chi connectivity index (χ1n) is 13.2. The van der Waals surface area contributed by atoms with Crippen LogP contribution in [0.1, 0.15) is 105 Å². The maximum absolute atomic E-state index is 11.6. The number of carboxylic acids is 1. The molecular weight excluding hydrogens is 388 g/mol. The van der Waals surface area contributed by atoms with Gasteiger partial charge in [0.15, 0.2) is 0 Å². The van der Waals surface area contributed by atoms with Gasteiger partial charge in [0.05, 0.1) is 12.2 Å². The lowest BCUT2D eigenvalue weighted by molar-refractivity contribution is -0.199. The summed E-state index contributed by atoms with van der Waals surface area (Å²) in [5, 5.41) is 32.3. The Morgan fingerprint density at radius 2 is 1.81 bits per heavy atom. The van der Waals surface area contributed by atoms with Crippen LogP contribution in [0.2, 0.25) is 0 Å². The molecule has 180 valence electrons. The van der Waals surface area contributed by atoms with Gasteiger partial charge in [0.1, 0.15) is 0 Å². The number of fused-ring (bicyclic) bond motifs is 3. The second-order valence-electron chi connectivity index (χ2n) is 12.1. The fourth-order valence-corrected chi connectivity index (χ4v) is 8.78. The van der Waals surface area contributed by atoms with E-state index in [-0.39, 0.29) is 41.3 Å². The van der Waals surface area contributed by atoms with Crippen LogP contribution in [0.5, 0.6) is 0 Å². The first-order chi connectivity index (χ1) is 14.6. The minimum absolute atomic E-state index is 0.000552. The summed E-state index contributed by atoms with van der Waals surface area (Å²) in [4.78, 5) is 11.1. The molecule has 10 atom stereocenters. The lowest BCUT2D eigenvalue weighted by atomic mass is 9.45. The second-order valence-corrected chi connectivity index (χ2v) is 12.1. The third-order valence-corrected chi connectivity index (χ3v) is 10.2. The summed E-state index contributed by atoms with van der Waals surface area (Å²) in [6.07, 6.45) is 10.2. The Morgan fingerprint density at radius 3 is 2.42 bits per heavy atom. The maximum Gasteiger partial charge on any atom is 0.303 e. The normalized spacial score (nSPS) is 45.7. The van der Waals surface area contributed by atoms with Gasteiger partial charge in [0.2, 0.25) is 0 Å². The first-order valence-corrected chi connectivity index (χ1v) is 13.2. The van der Waals surface area contributed by atoms with E-state index < -0.39 is 5.97 Å². The lowest BCUT2D eigenvalue weighted by Crippen LogP contribution is -2.61. The van der Waals surface area contributed by atoms with Gasteiger partial charge in [-0.3, -0.25) is 4.79 Å². The van der Waals surface area contributed by atoms with Crippen molar-refractivity contribution in [3.05, 3.63) is 0 Å². The number of aliphatic hydroxyl groups excluding tert-OH is 2. The van der Waals surface area contributed by atoms with Crippen LogP contribution >= 0.6 is 0 Å². The highest BCUT2D eigenvalue weighted by atomic mass is 16.4. The van der Waals surface area contributed by atoms with Gasteiger partial charge in [-0.15, -0.1) is 0 Å². The third-order valence-electron chi connectivity index (χ3n) is 10.2. The fraction of sp³-hybridized carbons (Fsp3) is 0.963. The van der Waals surface area contributed by atoms with Crippen LogP contribution in [-0.2, 0) is 4.79 Å². The monoisotopic (exact) mass is 436 g/mol. The van der Waals surface area contributed by atoms with Crippen molar-refractivity contribution in [2.75, 3.05) is 0 Å². The number of carbonyl (C=O) groups is 1. The Hall–Kier alpha value is -0.610. The van der Waals surface area contributed by atoms with Gasteiger partial charge in [-0.05, 0) is 84.9 Å². The molecule has 3 rings (SSSR count). The SMILES string of the molecule is CCCCC[C@@]1(C)C[C@@H](CC)[C@@H](O)C2C1[C@@H](O)C[C@@]1(C)C2CC[C@@H]1[C@H](C)CCC(=O)O. The van der Waals surface area contributed by atoms with Crippen LogP contribution in [0.4, 0.5) is 0 Å². The van der Waals surface area contributed by atoms with E-state index in [1.807, 2.05) is 0 Å². The third kappa shape index (κ3) is 4.58. The van der Waals surface area contributed by atoms with Crippen molar-refractivity contribution >= 4 is 5.97 Å². The van der Waals surface area contributed by atoms with Gasteiger partial charge in [-0.1, -0.05) is 60.3 Å². The molecule has 0 radical (unpaired) electrons. The topological polar surface area (TPSA) is 77.8 Å². The Kier molecular flexibility index (Phi) is 7.84. The van der Waals surface area contributed by atoms with Crippen LogP contribution in [0.25, 0.3) is 0 Å². The van der Waals surface area contributed by atoms with Gasteiger partial charge in [-0.2, -0.15) is 0 Å². The highest BCUT2D eigenvalue weighted by Crippen LogP contribution is 2.67. The van der Waals surface area contributed by atoms with E-state index in [9.17, 15) is 15.0 Å². The molecule has 0 aliphatic heterocycles. The molecule has 0 heterocycles. The van der Waals surface area contributed by atoms with Crippen molar-refractivity contribution in [3.8, 4) is 0 Å². The van der Waals surface area contributed by atoms with Crippen LogP contribution < -0.4 is 0 Å². The molecule has 0 spiro atoms. The van der Waals surface area contributed by atoms with Crippen LogP contribution in [-0.4, -0.2) is 33.5 Å². The van der Waals surface area contributed by atoms with Gasteiger partial charge in [0, 0.05) is 6.42 Å². The number of hydrogen-bond acceptors (Lipinski definition) is 3. The summed E-state index contributed by atoms with van der Waals surface area (Å²) in [5.74, 6) is 1.19. The smallest absolute Gasteiger partial charge is 0.303 e. The minimum atomic E-state index is -0.716. The number of unbranched alkanes of at least 4 members (excludes halogenated alkanes) is 2. The molecule has 3 aliphatic rings. The Balaban J connectivity index is 1.89. The quantitative estimate of drug-likeness (QED) is 0.394. The van der Waals surface area contributed by atoms with E-state index >= 15 is 0 Å². The molecule has 3 unspecified atom stereocenters. The van der Waals surface area contributed by atoms with Crippen LogP contribution in [0.15, 0.2) is 0 Å². The van der Waals surface area contributed by atoms with Crippen molar-refractivity contribution in [1.82, 2.24) is 0 Å². The first kappa shape index (κ1) is 25.0. The molecule has 0 aromatic heterocycles. The average molecular weight is 437 g/mol. The standard InChI is InChI=1S/C27H48O4/c1-6-8-9-14-26(4)15-18(7-2)25(31)23-20-12-11-19(17(3)10-13-22(29)30)27(20,5)16-21(28)24(23)26/h17-21,23-25,28,31H,6-16H2,1-5H3,(H,29,30)/t17-,18-,19-,20?,21+,23?,24?,25-,26+,27-/m1/s1. The highest BCUT2D eigenvalue weighted by Gasteiger charge is 2.64. The van der Waals surface area contributed by atoms with E-state index in [2.05, 4.69) is 34.6 Å². The zero-order valence-electron chi connectivity index (χ0n) is 20.6. The Bertz CT molecular complexity index is 620. The predicted octanol–water partition coefficient (Wildman–Crippen LogP) is 5.89. The molecule has 0 saturated heterocycles. The molecule has 0 aromatic rings. The van der Waals surface area contributed by atoms with Crippen molar-refractivity contribution < 1.29 is 20.1 Å². The van der Waals surface area contributed by atoms with E-state index in [0.29, 0.717) is 30.1 Å². The van der Waals surface area contributed by atoms with Gasteiger partial charge >= 0.3 is 5.97 Å². The molecule has 3 saturated carbocycles. The van der Waals surface area contributed by atoms with Crippen molar-refractivity contribution in [3.63, 3.8) is 0 Å². The van der Waals surface area contributed by atoms with E-state index in [1.54, 1.807) is 0 Å². The van der Waals surface area contributed by atoms with Gasteiger partial charge in [-0.25, -0.2) is 0 Å². The molecule has 4 heteroatoms. The van der Waals surface area contributed by atoms with Crippen molar-refractivity contribution in [2.24, 2.45) is 46.3 Å². The van der Waals surface area contributed by atoms with Crippen molar-refractivity contribution in [1.29, 1.82) is 0 Å². The summed E-state index contributed by atoms with van der Waals surface area (Å²) >= 11 is 0. The largest absolute Gasteiger partial charge is 0.481 e. The molecule has 0 aromatic carbocycles. The Morgan fingerprint density at radius 1 is 1.10 bits per heavy atom. The summed E-state index contributed by atoms with van der Waals surface area (Å²) in [6.45, 7) is 11.4. The summed E-state index contributed by atoms with van der Waals surface area (Å²) in [6, 6.07) is 0.